The Morgan fingerprint density at radius 1 is 1.65 bits per heavy atom. The Kier molecular flexibility index (Phi) is 3.76. The molecule has 0 aliphatic carbocycles. The Bertz CT molecular complexity index is 658. The second-order valence-corrected chi connectivity index (χ2v) is 4.83. The molecule has 0 saturated carbocycles. The first kappa shape index (κ1) is 14.5. The summed E-state index contributed by atoms with van der Waals surface area (Å²) in [5.41, 5.74) is -2.34. The Morgan fingerprint density at radius 2 is 2.35 bits per heavy atom. The number of nitrogens with one attached hydrogen (secondary N) is 1. The van der Waals surface area contributed by atoms with Crippen LogP contribution in [-0.4, -0.2) is 38.6 Å². The molecule has 3 atom stereocenters. The van der Waals surface area contributed by atoms with Crippen LogP contribution in [0.1, 0.15) is 18.4 Å². The molecule has 0 bridgehead atoms. The van der Waals surface area contributed by atoms with Crippen LogP contribution < -0.4 is 11.2 Å². The standard InChI is InChI=1S/C12H15N3O5/c1-7-5-15(11(19)14-10(7)18)12(2-3-13)4-8(17)9(6-16)20-12/h5,8-9,16-17H,2,4,6H2,1H3,(H,14,18,19)/t8-,9+,12+/m0/s1. The first-order valence-corrected chi connectivity index (χ1v) is 6.10. The highest BCUT2D eigenvalue weighted by Crippen LogP contribution is 2.36. The van der Waals surface area contributed by atoms with E-state index in [0.717, 1.165) is 4.57 Å². The van der Waals surface area contributed by atoms with Crippen molar-refractivity contribution in [2.24, 2.45) is 0 Å². The summed E-state index contributed by atoms with van der Waals surface area (Å²) in [6.07, 6.45) is -0.774. The predicted octanol–water partition coefficient (Wildman–Crippen LogP) is -1.45. The molecule has 8 nitrogen and oxygen atoms in total. The largest absolute Gasteiger partial charge is 0.394 e. The number of aromatic nitrogens is 2. The summed E-state index contributed by atoms with van der Waals surface area (Å²) in [6, 6.07) is 1.91. The third-order valence-corrected chi connectivity index (χ3v) is 3.42. The molecule has 0 unspecified atom stereocenters. The smallest absolute Gasteiger partial charge is 0.330 e. The molecule has 2 heterocycles. The highest BCUT2D eigenvalue weighted by atomic mass is 16.6. The van der Waals surface area contributed by atoms with Crippen LogP contribution in [0.3, 0.4) is 0 Å². The maximum absolute atomic E-state index is 11.9. The minimum absolute atomic E-state index is 0.0167. The first-order valence-electron chi connectivity index (χ1n) is 6.10. The average Bonchev–Trinajstić information content (AvgIpc) is 2.71. The minimum atomic E-state index is -1.38. The van der Waals surface area contributed by atoms with Crippen molar-refractivity contribution in [1.82, 2.24) is 9.55 Å². The highest BCUT2D eigenvalue weighted by molar-refractivity contribution is 5.06. The Morgan fingerprint density at radius 3 is 2.90 bits per heavy atom. The summed E-state index contributed by atoms with van der Waals surface area (Å²) in [7, 11) is 0. The number of H-pyrrole nitrogens is 1. The molecule has 1 aliphatic heterocycles. The fourth-order valence-corrected chi connectivity index (χ4v) is 2.37. The maximum Gasteiger partial charge on any atom is 0.330 e. The van der Waals surface area contributed by atoms with Gasteiger partial charge in [-0.15, -0.1) is 0 Å². The highest BCUT2D eigenvalue weighted by Gasteiger charge is 2.47. The minimum Gasteiger partial charge on any atom is -0.394 e. The van der Waals surface area contributed by atoms with Crippen LogP contribution >= 0.6 is 0 Å². The van der Waals surface area contributed by atoms with Gasteiger partial charge < -0.3 is 14.9 Å². The quantitative estimate of drug-likeness (QED) is 0.622. The van der Waals surface area contributed by atoms with E-state index in [9.17, 15) is 14.7 Å². The molecule has 8 heteroatoms. The molecule has 1 fully saturated rings. The van der Waals surface area contributed by atoms with E-state index in [2.05, 4.69) is 4.98 Å². The van der Waals surface area contributed by atoms with E-state index in [4.69, 9.17) is 15.1 Å². The molecule has 108 valence electrons. The van der Waals surface area contributed by atoms with Gasteiger partial charge in [-0.1, -0.05) is 0 Å². The Hall–Kier alpha value is -1.95. The lowest BCUT2D eigenvalue weighted by atomic mass is 10.0. The number of aromatic amines is 1. The molecule has 0 aromatic carbocycles. The van der Waals surface area contributed by atoms with Crippen LogP contribution in [0.15, 0.2) is 15.8 Å². The molecule has 1 saturated heterocycles. The van der Waals surface area contributed by atoms with E-state index in [1.807, 2.05) is 6.07 Å². The van der Waals surface area contributed by atoms with Gasteiger partial charge in [0.2, 0.25) is 0 Å². The number of aliphatic hydroxyl groups excluding tert-OH is 2. The van der Waals surface area contributed by atoms with Crippen molar-refractivity contribution in [3.05, 3.63) is 32.6 Å². The van der Waals surface area contributed by atoms with E-state index in [-0.39, 0.29) is 18.4 Å². The fourth-order valence-electron chi connectivity index (χ4n) is 2.37. The van der Waals surface area contributed by atoms with Gasteiger partial charge in [0, 0.05) is 18.2 Å². The molecule has 20 heavy (non-hydrogen) atoms. The summed E-state index contributed by atoms with van der Waals surface area (Å²) in [6.45, 7) is 1.09. The van der Waals surface area contributed by atoms with Gasteiger partial charge in [-0.3, -0.25) is 14.3 Å². The molecule has 0 amide bonds. The van der Waals surface area contributed by atoms with Gasteiger partial charge in [-0.2, -0.15) is 5.26 Å². The average molecular weight is 281 g/mol. The van der Waals surface area contributed by atoms with Crippen molar-refractivity contribution in [2.45, 2.75) is 37.7 Å². The summed E-state index contributed by atoms with van der Waals surface area (Å²) >= 11 is 0. The molecular weight excluding hydrogens is 266 g/mol. The number of aryl methyl sites for hydroxylation is 1. The summed E-state index contributed by atoms with van der Waals surface area (Å²) in [5.74, 6) is 0. The second kappa shape index (κ2) is 5.20. The van der Waals surface area contributed by atoms with Crippen LogP contribution in [0, 0.1) is 18.3 Å². The molecule has 0 spiro atoms. The number of hydrogen-bond acceptors (Lipinski definition) is 6. The molecule has 1 aliphatic rings. The SMILES string of the molecule is Cc1cn([C@@]2(CC#N)C[C@H](O)[C@@H](CO)O2)c(=O)[nH]c1=O. The van der Waals surface area contributed by atoms with Gasteiger partial charge in [0.05, 0.1) is 25.2 Å². The lowest BCUT2D eigenvalue weighted by Gasteiger charge is -2.28. The third-order valence-electron chi connectivity index (χ3n) is 3.42. The van der Waals surface area contributed by atoms with Gasteiger partial charge >= 0.3 is 5.69 Å². The monoisotopic (exact) mass is 281 g/mol. The Balaban J connectivity index is 2.56. The molecule has 1 aromatic rings. The van der Waals surface area contributed by atoms with Crippen LogP contribution in [0.5, 0.6) is 0 Å². The second-order valence-electron chi connectivity index (χ2n) is 4.83. The van der Waals surface area contributed by atoms with E-state index in [0.29, 0.717) is 0 Å². The van der Waals surface area contributed by atoms with Crippen LogP contribution in [0.2, 0.25) is 0 Å². The number of nitrogens with zero attached hydrogens (tertiary/aromatic N) is 2. The molecular formula is C12H15N3O5. The van der Waals surface area contributed by atoms with Crippen molar-refractivity contribution >= 4 is 0 Å². The van der Waals surface area contributed by atoms with Crippen LogP contribution in [0.4, 0.5) is 0 Å². The zero-order valence-corrected chi connectivity index (χ0v) is 10.9. The molecule has 3 N–H and O–H groups in total. The normalized spacial score (nSPS) is 29.3. The number of nitriles is 1. The third kappa shape index (κ3) is 2.27. The molecule has 1 aromatic heterocycles. The zero-order valence-electron chi connectivity index (χ0n) is 10.9. The fraction of sp³-hybridized carbons (Fsp3) is 0.583. The first-order chi connectivity index (χ1) is 9.43. The zero-order chi connectivity index (χ0) is 14.9. The van der Waals surface area contributed by atoms with Gasteiger partial charge in [-0.25, -0.2) is 4.79 Å². The van der Waals surface area contributed by atoms with Crippen molar-refractivity contribution in [2.75, 3.05) is 6.61 Å². The topological polar surface area (TPSA) is 128 Å². The summed E-state index contributed by atoms with van der Waals surface area (Å²) < 4.78 is 6.63. The number of ether oxygens (including phenoxy) is 1. The predicted molar refractivity (Wildman–Crippen MR) is 66.8 cm³/mol. The molecule has 2 rings (SSSR count). The lowest BCUT2D eigenvalue weighted by molar-refractivity contribution is -0.116. The lowest BCUT2D eigenvalue weighted by Crippen LogP contribution is -2.44. The number of hydrogen-bond donors (Lipinski definition) is 3. The number of rotatable bonds is 3. The van der Waals surface area contributed by atoms with Gasteiger partial charge in [-0.05, 0) is 6.92 Å². The summed E-state index contributed by atoms with van der Waals surface area (Å²) in [5, 5.41) is 27.9. The van der Waals surface area contributed by atoms with Gasteiger partial charge in [0.15, 0.2) is 5.72 Å². The van der Waals surface area contributed by atoms with E-state index in [1.165, 1.54) is 13.1 Å². The molecule has 0 radical (unpaired) electrons. The van der Waals surface area contributed by atoms with Gasteiger partial charge in [0.25, 0.3) is 5.56 Å². The van der Waals surface area contributed by atoms with E-state index >= 15 is 0 Å². The van der Waals surface area contributed by atoms with Gasteiger partial charge in [0.1, 0.15) is 6.10 Å². The van der Waals surface area contributed by atoms with Crippen molar-refractivity contribution in [3.8, 4) is 6.07 Å². The maximum atomic E-state index is 11.9. The van der Waals surface area contributed by atoms with Crippen LogP contribution in [0.25, 0.3) is 0 Å². The van der Waals surface area contributed by atoms with Crippen LogP contribution in [-0.2, 0) is 10.5 Å². The van der Waals surface area contributed by atoms with E-state index < -0.39 is 35.8 Å². The van der Waals surface area contributed by atoms with E-state index in [1.54, 1.807) is 0 Å². The number of aliphatic hydroxyl groups is 2. The summed E-state index contributed by atoms with van der Waals surface area (Å²) in [4.78, 5) is 25.5. The van der Waals surface area contributed by atoms with Crippen molar-refractivity contribution < 1.29 is 14.9 Å². The Labute approximate surface area is 113 Å². The van der Waals surface area contributed by atoms with Crippen molar-refractivity contribution in [3.63, 3.8) is 0 Å². The van der Waals surface area contributed by atoms with Crippen molar-refractivity contribution in [1.29, 1.82) is 5.26 Å².